The van der Waals surface area contributed by atoms with Crippen molar-refractivity contribution in [3.8, 4) is 11.1 Å². The third-order valence-corrected chi connectivity index (χ3v) is 4.39. The zero-order valence-corrected chi connectivity index (χ0v) is 14.8. The molecule has 0 heterocycles. The highest BCUT2D eigenvalue weighted by Gasteiger charge is 2.34. The summed E-state index contributed by atoms with van der Waals surface area (Å²) in [6, 6.07) is 5.16. The molecule has 0 unspecified atom stereocenters. The van der Waals surface area contributed by atoms with E-state index in [1.807, 2.05) is 10.8 Å². The Kier molecular flexibility index (Phi) is 4.75. The topological polar surface area (TPSA) is 102 Å². The Morgan fingerprint density at radius 1 is 1.25 bits per heavy atom. The van der Waals surface area contributed by atoms with Gasteiger partial charge >= 0.3 is 22.3 Å². The fourth-order valence-electron chi connectivity index (χ4n) is 2.06. The van der Waals surface area contributed by atoms with Crippen LogP contribution < -0.4 is 9.03 Å². The standard InChI is InChI=1S/C15H20N2O6S/c1-5-22-13(18)9-17(12-8-10-6-7-11(10)12)24(20,21)16-14(19)23-15(2,3)4/h6-8H,5,9H2,1-4H3,(H,16,19). The number of benzene rings is 1. The second-order valence-corrected chi connectivity index (χ2v) is 7.75. The number of carbonyl (C=O) groups excluding carboxylic acids is 2. The molecule has 0 saturated carbocycles. The molecule has 8 nitrogen and oxygen atoms in total. The molecule has 0 atom stereocenters. The van der Waals surface area contributed by atoms with Gasteiger partial charge in [-0.05, 0) is 39.3 Å². The van der Waals surface area contributed by atoms with Gasteiger partial charge in [0.05, 0.1) is 12.3 Å². The lowest BCUT2D eigenvalue weighted by Crippen LogP contribution is -2.48. The normalized spacial score (nSPS) is 12.3. The summed E-state index contributed by atoms with van der Waals surface area (Å²) in [6.07, 6.45) is -1.12. The van der Waals surface area contributed by atoms with Gasteiger partial charge in [-0.1, -0.05) is 12.1 Å². The number of ether oxygens (including phenoxy) is 2. The van der Waals surface area contributed by atoms with Crippen molar-refractivity contribution in [1.29, 1.82) is 0 Å². The molecule has 0 bridgehead atoms. The van der Waals surface area contributed by atoms with E-state index in [-0.39, 0.29) is 6.61 Å². The second kappa shape index (κ2) is 6.31. The minimum absolute atomic E-state index is 0.124. The average Bonchev–Trinajstić information content (AvgIpc) is 2.36. The van der Waals surface area contributed by atoms with Crippen LogP contribution in [-0.4, -0.2) is 39.2 Å². The third kappa shape index (κ3) is 3.97. The van der Waals surface area contributed by atoms with E-state index >= 15 is 0 Å². The van der Waals surface area contributed by atoms with E-state index in [0.717, 1.165) is 9.87 Å². The molecule has 0 spiro atoms. The predicted molar refractivity (Wildman–Crippen MR) is 87.7 cm³/mol. The number of fused-ring (bicyclic) bond motifs is 1. The molecule has 2 rings (SSSR count). The lowest BCUT2D eigenvalue weighted by atomic mass is 9.91. The maximum absolute atomic E-state index is 12.5. The van der Waals surface area contributed by atoms with Gasteiger partial charge in [0.15, 0.2) is 0 Å². The van der Waals surface area contributed by atoms with Gasteiger partial charge in [-0.3, -0.25) is 4.79 Å². The van der Waals surface area contributed by atoms with Gasteiger partial charge in [-0.15, -0.1) is 0 Å². The first-order chi connectivity index (χ1) is 11.0. The number of carbonyl (C=O) groups is 2. The van der Waals surface area contributed by atoms with E-state index in [1.54, 1.807) is 39.8 Å². The van der Waals surface area contributed by atoms with E-state index in [2.05, 4.69) is 0 Å². The van der Waals surface area contributed by atoms with Crippen LogP contribution in [0.4, 0.5) is 10.5 Å². The van der Waals surface area contributed by atoms with Gasteiger partial charge in [0.25, 0.3) is 0 Å². The van der Waals surface area contributed by atoms with E-state index in [1.165, 1.54) is 0 Å². The molecule has 0 fully saturated rings. The maximum Gasteiger partial charge on any atom is 0.422 e. The second-order valence-electron chi connectivity index (χ2n) is 6.15. The summed E-state index contributed by atoms with van der Waals surface area (Å²) in [5, 5.41) is 0. The largest absolute Gasteiger partial charge is 0.465 e. The Morgan fingerprint density at radius 2 is 1.92 bits per heavy atom. The fraction of sp³-hybridized carbons (Fsp3) is 0.467. The molecule has 9 heteroatoms. The number of nitrogens with one attached hydrogen (secondary N) is 1. The van der Waals surface area contributed by atoms with Gasteiger partial charge in [-0.2, -0.15) is 8.42 Å². The van der Waals surface area contributed by atoms with Crippen molar-refractivity contribution in [2.75, 3.05) is 17.5 Å². The highest BCUT2D eigenvalue weighted by Crippen LogP contribution is 2.44. The quantitative estimate of drug-likeness (QED) is 0.792. The van der Waals surface area contributed by atoms with E-state index < -0.39 is 34.4 Å². The molecular weight excluding hydrogens is 336 g/mol. The SMILES string of the molecule is CCOC(=O)CN(c1cc2ccc1-2)S(=O)(=O)NC(=O)OC(C)(C)C. The van der Waals surface area contributed by atoms with Crippen molar-refractivity contribution in [3.05, 3.63) is 18.2 Å². The third-order valence-electron chi connectivity index (χ3n) is 3.06. The summed E-state index contributed by atoms with van der Waals surface area (Å²) in [5.41, 5.74) is 1.09. The maximum atomic E-state index is 12.5. The molecule has 1 N–H and O–H groups in total. The molecule has 0 aliphatic heterocycles. The molecule has 132 valence electrons. The van der Waals surface area contributed by atoms with Crippen molar-refractivity contribution in [2.45, 2.75) is 33.3 Å². The van der Waals surface area contributed by atoms with Crippen LogP contribution in [0.1, 0.15) is 27.7 Å². The Hall–Kier alpha value is -2.29. The fourth-order valence-corrected chi connectivity index (χ4v) is 3.11. The van der Waals surface area contributed by atoms with Gasteiger partial charge in [0.2, 0.25) is 0 Å². The molecule has 24 heavy (non-hydrogen) atoms. The number of hydrogen-bond donors (Lipinski definition) is 1. The minimum atomic E-state index is -4.32. The number of amides is 1. The lowest BCUT2D eigenvalue weighted by Gasteiger charge is -2.31. The van der Waals surface area contributed by atoms with Crippen LogP contribution in [0.3, 0.4) is 0 Å². The average molecular weight is 356 g/mol. The predicted octanol–water partition coefficient (Wildman–Crippen LogP) is 1.81. The number of nitrogens with zero attached hydrogens (tertiary/aromatic N) is 1. The van der Waals surface area contributed by atoms with Crippen LogP contribution in [0.2, 0.25) is 0 Å². The number of anilines is 1. The molecular formula is C15H20N2O6S. The molecule has 0 radical (unpaired) electrons. The van der Waals surface area contributed by atoms with Crippen molar-refractivity contribution in [2.24, 2.45) is 0 Å². The zero-order chi connectivity index (χ0) is 18.1. The van der Waals surface area contributed by atoms with Gasteiger partial charge < -0.3 is 9.47 Å². The van der Waals surface area contributed by atoms with Crippen LogP contribution in [0.5, 0.6) is 0 Å². The highest BCUT2D eigenvalue weighted by molar-refractivity contribution is 7.91. The van der Waals surface area contributed by atoms with Gasteiger partial charge in [0.1, 0.15) is 12.1 Å². The van der Waals surface area contributed by atoms with Gasteiger partial charge in [0, 0.05) is 5.56 Å². The first-order valence-electron chi connectivity index (χ1n) is 7.37. The Bertz CT molecular complexity index is 767. The van der Waals surface area contributed by atoms with Crippen LogP contribution in [0.15, 0.2) is 18.2 Å². The van der Waals surface area contributed by atoms with Crippen molar-refractivity contribution < 1.29 is 27.5 Å². The summed E-state index contributed by atoms with van der Waals surface area (Å²) in [7, 11) is -4.32. The van der Waals surface area contributed by atoms with E-state index in [0.29, 0.717) is 11.3 Å². The Labute approximate surface area is 140 Å². The van der Waals surface area contributed by atoms with Crippen LogP contribution >= 0.6 is 0 Å². The summed E-state index contributed by atoms with van der Waals surface area (Å²) >= 11 is 0. The number of rotatable bonds is 6. The van der Waals surface area contributed by atoms with Crippen molar-refractivity contribution in [1.82, 2.24) is 4.72 Å². The Morgan fingerprint density at radius 3 is 2.33 bits per heavy atom. The lowest BCUT2D eigenvalue weighted by molar-refractivity contribution is -0.141. The van der Waals surface area contributed by atoms with E-state index in [4.69, 9.17) is 9.47 Å². The molecule has 0 aromatic rings. The monoisotopic (exact) mass is 356 g/mol. The minimum Gasteiger partial charge on any atom is -0.465 e. The van der Waals surface area contributed by atoms with Crippen LogP contribution in [-0.2, 0) is 24.5 Å². The van der Waals surface area contributed by atoms with E-state index in [9.17, 15) is 18.0 Å². The summed E-state index contributed by atoms with van der Waals surface area (Å²) in [4.78, 5) is 23.5. The summed E-state index contributed by atoms with van der Waals surface area (Å²) in [6.45, 7) is 6.04. The smallest absolute Gasteiger partial charge is 0.422 e. The highest BCUT2D eigenvalue weighted by atomic mass is 32.2. The number of esters is 1. The molecule has 2 aliphatic rings. The number of hydrogen-bond acceptors (Lipinski definition) is 6. The van der Waals surface area contributed by atoms with Crippen LogP contribution in [0, 0.1) is 0 Å². The first-order valence-corrected chi connectivity index (χ1v) is 8.81. The molecule has 0 aromatic heterocycles. The Balaban J connectivity index is 2.20. The van der Waals surface area contributed by atoms with Crippen molar-refractivity contribution in [3.63, 3.8) is 0 Å². The molecule has 1 amide bonds. The molecule has 0 aromatic carbocycles. The molecule has 2 aliphatic carbocycles. The zero-order valence-electron chi connectivity index (χ0n) is 14.0. The van der Waals surface area contributed by atoms with Gasteiger partial charge in [-0.25, -0.2) is 13.8 Å². The summed E-state index contributed by atoms with van der Waals surface area (Å²) in [5.74, 6) is -0.717. The summed E-state index contributed by atoms with van der Waals surface area (Å²) < 4.78 is 37.4. The van der Waals surface area contributed by atoms with Crippen molar-refractivity contribution >= 4 is 28.0 Å². The first kappa shape index (κ1) is 18.1. The van der Waals surface area contributed by atoms with Crippen LogP contribution in [0.25, 0.3) is 11.1 Å². The molecule has 0 saturated heterocycles.